The van der Waals surface area contributed by atoms with Gasteiger partial charge in [-0.15, -0.1) is 0 Å². The highest BCUT2D eigenvalue weighted by molar-refractivity contribution is 5.14. The number of epoxide rings is 1. The van der Waals surface area contributed by atoms with Crippen LogP contribution in [0.5, 0.6) is 0 Å². The molecule has 0 N–H and O–H groups in total. The molecule has 1 saturated heterocycles. The Morgan fingerprint density at radius 3 is 3.00 bits per heavy atom. The Balaban J connectivity index is 2.26. The van der Waals surface area contributed by atoms with E-state index in [1.54, 1.807) is 18.2 Å². The van der Waals surface area contributed by atoms with Crippen molar-refractivity contribution < 1.29 is 9.47 Å². The highest BCUT2D eigenvalue weighted by Gasteiger charge is 2.45. The normalized spacial score (nSPS) is 26.2. The largest absolute Gasteiger partial charge is 0.618 e. The Bertz CT molecular complexity index is 345. The lowest BCUT2D eigenvalue weighted by Crippen LogP contribution is -2.30. The Morgan fingerprint density at radius 1 is 1.58 bits per heavy atom. The lowest BCUT2D eigenvalue weighted by molar-refractivity contribution is -0.615. The van der Waals surface area contributed by atoms with Crippen molar-refractivity contribution in [3.05, 3.63) is 35.3 Å². The maximum atomic E-state index is 11.1. The number of nitrogens with zero attached hydrogens (tertiary/aromatic N) is 2. The van der Waals surface area contributed by atoms with Crippen molar-refractivity contribution in [1.29, 1.82) is 5.26 Å². The lowest BCUT2D eigenvalue weighted by Gasteiger charge is -1.98. The lowest BCUT2D eigenvalue weighted by atomic mass is 10.2. The van der Waals surface area contributed by atoms with Crippen molar-refractivity contribution >= 4 is 0 Å². The predicted molar refractivity (Wildman–Crippen MR) is 38.6 cm³/mol. The van der Waals surface area contributed by atoms with Crippen molar-refractivity contribution in [3.8, 4) is 6.07 Å². The van der Waals surface area contributed by atoms with E-state index in [0.29, 0.717) is 5.69 Å². The number of aromatic nitrogens is 1. The van der Waals surface area contributed by atoms with Crippen molar-refractivity contribution in [2.75, 3.05) is 0 Å². The fourth-order valence-electron chi connectivity index (χ4n) is 1.10. The van der Waals surface area contributed by atoms with Crippen LogP contribution in [-0.2, 0) is 4.74 Å². The molecule has 0 amide bonds. The quantitative estimate of drug-likeness (QED) is 0.338. The number of nitriles is 1. The van der Waals surface area contributed by atoms with Crippen LogP contribution < -0.4 is 4.73 Å². The van der Waals surface area contributed by atoms with Crippen LogP contribution in [-0.4, -0.2) is 6.10 Å². The van der Waals surface area contributed by atoms with Crippen LogP contribution in [0.3, 0.4) is 0 Å². The highest BCUT2D eigenvalue weighted by atomic mass is 16.6. The third-order valence-corrected chi connectivity index (χ3v) is 1.76. The molecular weight excluding hydrogens is 156 g/mol. The van der Waals surface area contributed by atoms with Gasteiger partial charge in [0.1, 0.15) is 0 Å². The Labute approximate surface area is 69.2 Å². The van der Waals surface area contributed by atoms with E-state index in [0.717, 1.165) is 4.73 Å². The molecule has 2 atom stereocenters. The molecule has 0 unspecified atom stereocenters. The van der Waals surface area contributed by atoms with E-state index in [-0.39, 0.29) is 6.10 Å². The summed E-state index contributed by atoms with van der Waals surface area (Å²) in [5, 5.41) is 19.5. The van der Waals surface area contributed by atoms with E-state index in [4.69, 9.17) is 10.00 Å². The monoisotopic (exact) mass is 162 g/mol. The van der Waals surface area contributed by atoms with Crippen LogP contribution in [0.1, 0.15) is 11.8 Å². The second-order valence-electron chi connectivity index (χ2n) is 2.56. The minimum absolute atomic E-state index is 0.325. The molecule has 1 aliphatic rings. The zero-order valence-corrected chi connectivity index (χ0v) is 6.18. The van der Waals surface area contributed by atoms with Gasteiger partial charge in [0.15, 0.2) is 18.4 Å². The van der Waals surface area contributed by atoms with Crippen LogP contribution in [0.25, 0.3) is 0 Å². The molecule has 0 bridgehead atoms. The molecule has 4 heteroatoms. The first-order chi connectivity index (χ1) is 5.83. The van der Waals surface area contributed by atoms with Crippen molar-refractivity contribution in [1.82, 2.24) is 0 Å². The van der Waals surface area contributed by atoms with E-state index < -0.39 is 6.10 Å². The summed E-state index contributed by atoms with van der Waals surface area (Å²) in [6, 6.07) is 6.99. The number of ether oxygens (including phenoxy) is 1. The third kappa shape index (κ3) is 1.00. The van der Waals surface area contributed by atoms with Crippen molar-refractivity contribution in [2.45, 2.75) is 12.2 Å². The molecular formula is C8H6N2O2. The number of hydrogen-bond acceptors (Lipinski definition) is 3. The predicted octanol–water partition coefficient (Wildman–Crippen LogP) is 0.283. The minimum Gasteiger partial charge on any atom is -0.618 e. The zero-order chi connectivity index (χ0) is 8.55. The van der Waals surface area contributed by atoms with E-state index in [2.05, 4.69) is 0 Å². The first-order valence-electron chi connectivity index (χ1n) is 3.56. The standard InChI is InChI=1S/C8H6N2O2/c9-5-7-8(12-7)6-3-1-2-4-10(6)11/h1-4,7-8H/t7-,8+/m1/s1. The average molecular weight is 162 g/mol. The summed E-state index contributed by atoms with van der Waals surface area (Å²) < 4.78 is 5.68. The molecule has 1 aromatic rings. The van der Waals surface area contributed by atoms with Gasteiger partial charge in [-0.2, -0.15) is 9.99 Å². The number of rotatable bonds is 1. The SMILES string of the molecule is N#C[C@H]1O[C@H]1c1cccc[n+]1[O-]. The number of pyridine rings is 1. The third-order valence-electron chi connectivity index (χ3n) is 1.76. The maximum absolute atomic E-state index is 11.1. The number of hydrogen-bond donors (Lipinski definition) is 0. The van der Waals surface area contributed by atoms with Crippen LogP contribution in [0, 0.1) is 16.5 Å². The first kappa shape index (κ1) is 7.07. The van der Waals surface area contributed by atoms with Crippen LogP contribution in [0.15, 0.2) is 24.4 Å². The van der Waals surface area contributed by atoms with E-state index >= 15 is 0 Å². The smallest absolute Gasteiger partial charge is 0.225 e. The second-order valence-corrected chi connectivity index (χ2v) is 2.56. The Hall–Kier alpha value is -1.60. The van der Waals surface area contributed by atoms with Gasteiger partial charge in [-0.05, 0) is 6.07 Å². The van der Waals surface area contributed by atoms with Crippen LogP contribution in [0.2, 0.25) is 0 Å². The highest BCUT2D eigenvalue weighted by Crippen LogP contribution is 2.35. The van der Waals surface area contributed by atoms with Crippen LogP contribution in [0.4, 0.5) is 0 Å². The van der Waals surface area contributed by atoms with Gasteiger partial charge in [-0.3, -0.25) is 0 Å². The van der Waals surface area contributed by atoms with E-state index in [1.807, 2.05) is 6.07 Å². The van der Waals surface area contributed by atoms with E-state index in [1.165, 1.54) is 6.20 Å². The van der Waals surface area contributed by atoms with Gasteiger partial charge >= 0.3 is 0 Å². The van der Waals surface area contributed by atoms with Crippen molar-refractivity contribution in [2.24, 2.45) is 0 Å². The van der Waals surface area contributed by atoms with Crippen LogP contribution >= 0.6 is 0 Å². The van der Waals surface area contributed by atoms with Gasteiger partial charge < -0.3 is 9.94 Å². The summed E-state index contributed by atoms with van der Waals surface area (Å²) in [6.45, 7) is 0. The summed E-state index contributed by atoms with van der Waals surface area (Å²) in [5.74, 6) is 0. The van der Waals surface area contributed by atoms with Gasteiger partial charge in [-0.1, -0.05) is 0 Å². The first-order valence-corrected chi connectivity index (χ1v) is 3.56. The molecule has 0 aliphatic carbocycles. The molecule has 2 heterocycles. The maximum Gasteiger partial charge on any atom is 0.225 e. The Kier molecular flexibility index (Phi) is 1.45. The molecule has 4 nitrogen and oxygen atoms in total. The second kappa shape index (κ2) is 2.47. The van der Waals surface area contributed by atoms with E-state index in [9.17, 15) is 5.21 Å². The molecule has 1 aliphatic heterocycles. The molecule has 1 aromatic heterocycles. The molecule has 0 saturated carbocycles. The topological polar surface area (TPSA) is 63.3 Å². The van der Waals surface area contributed by atoms with Gasteiger partial charge in [0.2, 0.25) is 5.69 Å². The molecule has 0 aromatic carbocycles. The molecule has 2 rings (SSSR count). The average Bonchev–Trinajstić information content (AvgIpc) is 2.84. The fraction of sp³-hybridized carbons (Fsp3) is 0.250. The van der Waals surface area contributed by atoms with Crippen molar-refractivity contribution in [3.63, 3.8) is 0 Å². The summed E-state index contributed by atoms with van der Waals surface area (Å²) >= 11 is 0. The van der Waals surface area contributed by atoms with Gasteiger partial charge in [0.25, 0.3) is 0 Å². The summed E-state index contributed by atoms with van der Waals surface area (Å²) in [7, 11) is 0. The zero-order valence-electron chi connectivity index (χ0n) is 6.18. The molecule has 0 radical (unpaired) electrons. The van der Waals surface area contributed by atoms with Gasteiger partial charge in [0.05, 0.1) is 6.07 Å². The molecule has 12 heavy (non-hydrogen) atoms. The molecule has 1 fully saturated rings. The van der Waals surface area contributed by atoms with Gasteiger partial charge in [-0.25, -0.2) is 0 Å². The minimum atomic E-state index is -0.437. The molecule has 0 spiro atoms. The summed E-state index contributed by atoms with van der Waals surface area (Å²) in [5.41, 5.74) is 0.504. The fourth-order valence-corrected chi connectivity index (χ4v) is 1.10. The molecule has 60 valence electrons. The summed E-state index contributed by atoms with van der Waals surface area (Å²) in [4.78, 5) is 0. The van der Waals surface area contributed by atoms with Gasteiger partial charge in [0, 0.05) is 12.1 Å². The Morgan fingerprint density at radius 2 is 2.42 bits per heavy atom. The summed E-state index contributed by atoms with van der Waals surface area (Å²) in [6.07, 6.45) is 0.632.